The van der Waals surface area contributed by atoms with E-state index in [0.717, 1.165) is 24.5 Å². The van der Waals surface area contributed by atoms with Gasteiger partial charge >= 0.3 is 0 Å². The first-order chi connectivity index (χ1) is 9.17. The summed E-state index contributed by atoms with van der Waals surface area (Å²) >= 11 is 12.5. The van der Waals surface area contributed by atoms with Gasteiger partial charge in [0.05, 0.1) is 10.0 Å². The van der Waals surface area contributed by atoms with Gasteiger partial charge in [-0.1, -0.05) is 61.5 Å². The zero-order chi connectivity index (χ0) is 13.7. The number of hydrogen-bond donors (Lipinski definition) is 1. The number of halogens is 2. The molecule has 0 radical (unpaired) electrons. The van der Waals surface area contributed by atoms with Gasteiger partial charge in [-0.25, -0.2) is 0 Å². The Morgan fingerprint density at radius 1 is 1.16 bits per heavy atom. The highest BCUT2D eigenvalue weighted by Gasteiger charge is 2.32. The maximum atomic E-state index is 6.36. The van der Waals surface area contributed by atoms with Gasteiger partial charge in [-0.3, -0.25) is 0 Å². The van der Waals surface area contributed by atoms with E-state index in [-0.39, 0.29) is 0 Å². The zero-order valence-electron chi connectivity index (χ0n) is 11.6. The number of hydrogen-bond acceptors (Lipinski definition) is 1. The maximum Gasteiger partial charge on any atom is 0.0624 e. The third kappa shape index (κ3) is 3.87. The summed E-state index contributed by atoms with van der Waals surface area (Å²) < 4.78 is 0. The summed E-state index contributed by atoms with van der Waals surface area (Å²) in [4.78, 5) is 0. The van der Waals surface area contributed by atoms with Gasteiger partial charge in [0.1, 0.15) is 0 Å². The molecule has 0 saturated heterocycles. The van der Waals surface area contributed by atoms with Crippen molar-refractivity contribution in [1.82, 2.24) is 5.32 Å². The highest BCUT2D eigenvalue weighted by Crippen LogP contribution is 2.40. The van der Waals surface area contributed by atoms with Gasteiger partial charge in [0.15, 0.2) is 0 Å². The van der Waals surface area contributed by atoms with Crippen molar-refractivity contribution in [3.05, 3.63) is 33.8 Å². The molecule has 0 aromatic heterocycles. The number of rotatable bonds is 5. The molecule has 0 atom stereocenters. The Hall–Kier alpha value is -0.240. The molecule has 1 aliphatic carbocycles. The van der Waals surface area contributed by atoms with Crippen molar-refractivity contribution >= 4 is 23.2 Å². The lowest BCUT2D eigenvalue weighted by atomic mass is 9.70. The van der Waals surface area contributed by atoms with E-state index >= 15 is 0 Å². The predicted octanol–water partition coefficient (Wildman–Crippen LogP) is 5.10. The van der Waals surface area contributed by atoms with Crippen LogP contribution in [0, 0.1) is 5.41 Å². The Balaban J connectivity index is 2.17. The first-order valence-electron chi connectivity index (χ1n) is 7.30. The molecular formula is C16H23Cl2N. The Labute approximate surface area is 126 Å². The quantitative estimate of drug-likeness (QED) is 0.798. The minimum Gasteiger partial charge on any atom is -0.316 e. The van der Waals surface area contributed by atoms with Crippen LogP contribution in [0.5, 0.6) is 0 Å². The Kier molecular flexibility index (Phi) is 5.56. The molecule has 19 heavy (non-hydrogen) atoms. The lowest BCUT2D eigenvalue weighted by Crippen LogP contribution is -2.38. The summed E-state index contributed by atoms with van der Waals surface area (Å²) in [7, 11) is 0. The van der Waals surface area contributed by atoms with Crippen molar-refractivity contribution in [1.29, 1.82) is 0 Å². The lowest BCUT2D eigenvalue weighted by molar-refractivity contribution is 0.182. The van der Waals surface area contributed by atoms with Gasteiger partial charge < -0.3 is 5.32 Å². The molecule has 106 valence electrons. The van der Waals surface area contributed by atoms with Crippen molar-refractivity contribution in [2.24, 2.45) is 5.41 Å². The summed E-state index contributed by atoms with van der Waals surface area (Å²) in [5.74, 6) is 0. The Morgan fingerprint density at radius 2 is 1.89 bits per heavy atom. The van der Waals surface area contributed by atoms with E-state index in [4.69, 9.17) is 23.2 Å². The Bertz CT molecular complexity index is 411. The second-order valence-electron chi connectivity index (χ2n) is 5.73. The monoisotopic (exact) mass is 299 g/mol. The van der Waals surface area contributed by atoms with Crippen LogP contribution >= 0.6 is 23.2 Å². The molecule has 2 rings (SSSR count). The molecule has 1 aliphatic rings. The SMILES string of the molecule is CCNCC1(Cc2cccc(Cl)c2Cl)CCCCC1. The molecule has 1 N–H and O–H groups in total. The highest BCUT2D eigenvalue weighted by molar-refractivity contribution is 6.42. The zero-order valence-corrected chi connectivity index (χ0v) is 13.2. The van der Waals surface area contributed by atoms with E-state index < -0.39 is 0 Å². The fourth-order valence-corrected chi connectivity index (χ4v) is 3.58. The largest absolute Gasteiger partial charge is 0.316 e. The summed E-state index contributed by atoms with van der Waals surface area (Å²) in [6.45, 7) is 4.29. The second-order valence-corrected chi connectivity index (χ2v) is 6.52. The van der Waals surface area contributed by atoms with E-state index in [1.54, 1.807) is 0 Å². The number of benzene rings is 1. The third-order valence-electron chi connectivity index (χ3n) is 4.26. The highest BCUT2D eigenvalue weighted by atomic mass is 35.5. The molecule has 0 amide bonds. The van der Waals surface area contributed by atoms with Crippen LogP contribution in [0.2, 0.25) is 10.0 Å². The van der Waals surface area contributed by atoms with Crippen LogP contribution in [0.1, 0.15) is 44.6 Å². The van der Waals surface area contributed by atoms with E-state index in [2.05, 4.69) is 18.3 Å². The van der Waals surface area contributed by atoms with Crippen LogP contribution < -0.4 is 5.32 Å². The average Bonchev–Trinajstić information content (AvgIpc) is 2.43. The first kappa shape index (κ1) is 15.2. The van der Waals surface area contributed by atoms with Gasteiger partial charge in [0.2, 0.25) is 0 Å². The summed E-state index contributed by atoms with van der Waals surface area (Å²) in [5.41, 5.74) is 1.57. The molecule has 0 spiro atoms. The van der Waals surface area contributed by atoms with Crippen LogP contribution in [-0.2, 0) is 6.42 Å². The normalized spacial score (nSPS) is 18.5. The molecule has 0 heterocycles. The molecule has 1 aromatic rings. The fourth-order valence-electron chi connectivity index (χ4n) is 3.20. The molecule has 3 heteroatoms. The lowest BCUT2D eigenvalue weighted by Gasteiger charge is -2.38. The summed E-state index contributed by atoms with van der Waals surface area (Å²) in [6.07, 6.45) is 7.68. The Morgan fingerprint density at radius 3 is 2.58 bits per heavy atom. The van der Waals surface area contributed by atoms with Crippen LogP contribution in [-0.4, -0.2) is 13.1 Å². The molecule has 1 aromatic carbocycles. The number of nitrogens with one attached hydrogen (secondary N) is 1. The van der Waals surface area contributed by atoms with E-state index in [1.807, 2.05) is 12.1 Å². The first-order valence-corrected chi connectivity index (χ1v) is 8.06. The van der Waals surface area contributed by atoms with Gasteiger partial charge in [-0.2, -0.15) is 0 Å². The molecule has 0 bridgehead atoms. The minimum absolute atomic E-state index is 0.364. The average molecular weight is 300 g/mol. The van der Waals surface area contributed by atoms with Gasteiger partial charge in [-0.15, -0.1) is 0 Å². The molecule has 1 nitrogen and oxygen atoms in total. The van der Waals surface area contributed by atoms with Gasteiger partial charge in [0, 0.05) is 6.54 Å². The summed E-state index contributed by atoms with van der Waals surface area (Å²) in [6, 6.07) is 6.00. The maximum absolute atomic E-state index is 6.36. The standard InChI is InChI=1S/C16H23Cl2N/c1-2-19-12-16(9-4-3-5-10-16)11-13-7-6-8-14(17)15(13)18/h6-8,19H,2-5,9-12H2,1H3. The van der Waals surface area contributed by atoms with Crippen molar-refractivity contribution in [2.75, 3.05) is 13.1 Å². The van der Waals surface area contributed by atoms with Crippen LogP contribution in [0.25, 0.3) is 0 Å². The van der Waals surface area contributed by atoms with E-state index in [0.29, 0.717) is 10.4 Å². The van der Waals surface area contributed by atoms with Crippen LogP contribution in [0.15, 0.2) is 18.2 Å². The van der Waals surface area contributed by atoms with Crippen molar-refractivity contribution < 1.29 is 0 Å². The van der Waals surface area contributed by atoms with Crippen molar-refractivity contribution in [3.63, 3.8) is 0 Å². The third-order valence-corrected chi connectivity index (χ3v) is 5.12. The van der Waals surface area contributed by atoms with Gasteiger partial charge in [-0.05, 0) is 42.9 Å². The topological polar surface area (TPSA) is 12.0 Å². The predicted molar refractivity (Wildman–Crippen MR) is 84.2 cm³/mol. The molecule has 1 saturated carbocycles. The van der Waals surface area contributed by atoms with Gasteiger partial charge in [0.25, 0.3) is 0 Å². The molecular weight excluding hydrogens is 277 g/mol. The minimum atomic E-state index is 0.364. The summed E-state index contributed by atoms with van der Waals surface area (Å²) in [5, 5.41) is 4.95. The molecule has 0 aliphatic heterocycles. The molecule has 1 fully saturated rings. The second kappa shape index (κ2) is 6.97. The van der Waals surface area contributed by atoms with Crippen molar-refractivity contribution in [2.45, 2.75) is 45.4 Å². The van der Waals surface area contributed by atoms with Crippen molar-refractivity contribution in [3.8, 4) is 0 Å². The van der Waals surface area contributed by atoms with Crippen LogP contribution in [0.3, 0.4) is 0 Å². The molecule has 0 unspecified atom stereocenters. The smallest absolute Gasteiger partial charge is 0.0624 e. The van der Waals surface area contributed by atoms with E-state index in [1.165, 1.54) is 37.7 Å². The fraction of sp³-hybridized carbons (Fsp3) is 0.625. The van der Waals surface area contributed by atoms with Crippen LogP contribution in [0.4, 0.5) is 0 Å². The van der Waals surface area contributed by atoms with E-state index in [9.17, 15) is 0 Å².